The first-order chi connectivity index (χ1) is 9.38. The van der Waals surface area contributed by atoms with Crippen molar-refractivity contribution in [1.29, 1.82) is 0 Å². The van der Waals surface area contributed by atoms with Gasteiger partial charge in [-0.05, 0) is 43.4 Å². The molecule has 0 radical (unpaired) electrons. The van der Waals surface area contributed by atoms with Gasteiger partial charge >= 0.3 is 0 Å². The fourth-order valence-corrected chi connectivity index (χ4v) is 3.32. The molecule has 0 amide bonds. The molecule has 19 heavy (non-hydrogen) atoms. The van der Waals surface area contributed by atoms with Crippen molar-refractivity contribution < 1.29 is 9.47 Å². The van der Waals surface area contributed by atoms with Crippen LogP contribution in [0, 0.1) is 5.92 Å². The van der Waals surface area contributed by atoms with Crippen molar-refractivity contribution in [2.45, 2.75) is 31.4 Å². The van der Waals surface area contributed by atoms with Crippen LogP contribution in [0.15, 0.2) is 24.3 Å². The smallest absolute Gasteiger partial charge is 0.0842 e. The first-order valence-electron chi connectivity index (χ1n) is 7.33. The third kappa shape index (κ3) is 2.83. The number of rotatable bonds is 4. The first kappa shape index (κ1) is 13.1. The first-order valence-corrected chi connectivity index (χ1v) is 7.33. The molecular formula is C16H23NO2. The highest BCUT2D eigenvalue weighted by molar-refractivity contribution is 5.31. The minimum Gasteiger partial charge on any atom is -0.381 e. The summed E-state index contributed by atoms with van der Waals surface area (Å²) in [5.74, 6) is 0.627. The van der Waals surface area contributed by atoms with Gasteiger partial charge in [0.2, 0.25) is 0 Å². The van der Waals surface area contributed by atoms with Crippen molar-refractivity contribution in [3.63, 3.8) is 0 Å². The lowest BCUT2D eigenvalue weighted by Crippen LogP contribution is -2.36. The van der Waals surface area contributed by atoms with Gasteiger partial charge in [-0.3, -0.25) is 0 Å². The molecule has 1 saturated heterocycles. The molecule has 3 rings (SSSR count). The fraction of sp³-hybridized carbons (Fsp3) is 0.625. The zero-order valence-electron chi connectivity index (χ0n) is 11.6. The van der Waals surface area contributed by atoms with Crippen molar-refractivity contribution >= 4 is 0 Å². The second-order valence-corrected chi connectivity index (χ2v) is 5.56. The van der Waals surface area contributed by atoms with Crippen LogP contribution in [0.3, 0.4) is 0 Å². The molecule has 2 heterocycles. The van der Waals surface area contributed by atoms with E-state index in [4.69, 9.17) is 9.47 Å². The van der Waals surface area contributed by atoms with Crippen LogP contribution in [-0.4, -0.2) is 32.9 Å². The molecule has 3 atom stereocenters. The van der Waals surface area contributed by atoms with Gasteiger partial charge in [-0.1, -0.05) is 24.3 Å². The lowest BCUT2D eigenvalue weighted by atomic mass is 9.88. The maximum atomic E-state index is 6.02. The lowest BCUT2D eigenvalue weighted by Gasteiger charge is -2.31. The van der Waals surface area contributed by atoms with E-state index in [2.05, 4.69) is 36.6 Å². The maximum Gasteiger partial charge on any atom is 0.0842 e. The van der Waals surface area contributed by atoms with E-state index >= 15 is 0 Å². The number of hydrogen-bond donors (Lipinski definition) is 1. The molecule has 0 bridgehead atoms. The highest BCUT2D eigenvalue weighted by atomic mass is 16.5. The van der Waals surface area contributed by atoms with Crippen LogP contribution < -0.4 is 5.32 Å². The molecule has 2 aliphatic heterocycles. The molecule has 0 aromatic heterocycles. The SMILES string of the molecule is CNC(CC1OCCc2ccccc21)C1CCOC1. The van der Waals surface area contributed by atoms with Crippen molar-refractivity contribution in [3.8, 4) is 0 Å². The number of ether oxygens (including phenoxy) is 2. The van der Waals surface area contributed by atoms with E-state index in [-0.39, 0.29) is 6.10 Å². The molecule has 1 aromatic carbocycles. The van der Waals surface area contributed by atoms with Gasteiger partial charge in [0.15, 0.2) is 0 Å². The van der Waals surface area contributed by atoms with Crippen molar-refractivity contribution in [2.75, 3.05) is 26.9 Å². The Kier molecular flexibility index (Phi) is 4.16. The van der Waals surface area contributed by atoms with Gasteiger partial charge in [0.05, 0.1) is 19.3 Å². The summed E-state index contributed by atoms with van der Waals surface area (Å²) in [5, 5.41) is 3.46. The Labute approximate surface area is 115 Å². The number of nitrogens with one attached hydrogen (secondary N) is 1. The third-order valence-electron chi connectivity index (χ3n) is 4.47. The molecule has 0 saturated carbocycles. The zero-order valence-corrected chi connectivity index (χ0v) is 11.6. The average molecular weight is 261 g/mol. The number of fused-ring (bicyclic) bond motifs is 1. The lowest BCUT2D eigenvalue weighted by molar-refractivity contribution is 0.0244. The Bertz CT molecular complexity index is 415. The van der Waals surface area contributed by atoms with E-state index in [1.54, 1.807) is 0 Å². The summed E-state index contributed by atoms with van der Waals surface area (Å²) in [5.41, 5.74) is 2.84. The molecule has 3 nitrogen and oxygen atoms in total. The van der Waals surface area contributed by atoms with Gasteiger partial charge in [0, 0.05) is 12.6 Å². The molecule has 1 aromatic rings. The van der Waals surface area contributed by atoms with Crippen LogP contribution >= 0.6 is 0 Å². The van der Waals surface area contributed by atoms with Crippen LogP contribution in [0.25, 0.3) is 0 Å². The summed E-state index contributed by atoms with van der Waals surface area (Å²) in [6.07, 6.45) is 3.49. The quantitative estimate of drug-likeness (QED) is 0.902. The topological polar surface area (TPSA) is 30.5 Å². The Balaban J connectivity index is 1.72. The van der Waals surface area contributed by atoms with Crippen LogP contribution in [0.2, 0.25) is 0 Å². The Hall–Kier alpha value is -0.900. The van der Waals surface area contributed by atoms with Crippen molar-refractivity contribution in [1.82, 2.24) is 5.32 Å². The highest BCUT2D eigenvalue weighted by Crippen LogP contribution is 2.33. The summed E-state index contributed by atoms with van der Waals surface area (Å²) >= 11 is 0. The Morgan fingerprint density at radius 3 is 3.00 bits per heavy atom. The molecule has 2 aliphatic rings. The minimum absolute atomic E-state index is 0.239. The summed E-state index contributed by atoms with van der Waals surface area (Å²) in [6, 6.07) is 9.18. The second kappa shape index (κ2) is 6.04. The summed E-state index contributed by atoms with van der Waals surface area (Å²) in [7, 11) is 2.05. The summed E-state index contributed by atoms with van der Waals surface area (Å²) in [6.45, 7) is 2.64. The van der Waals surface area contributed by atoms with E-state index in [9.17, 15) is 0 Å². The van der Waals surface area contributed by atoms with Crippen LogP contribution in [0.1, 0.15) is 30.1 Å². The average Bonchev–Trinajstić information content (AvgIpc) is 2.99. The van der Waals surface area contributed by atoms with Gasteiger partial charge in [-0.2, -0.15) is 0 Å². The van der Waals surface area contributed by atoms with Crippen molar-refractivity contribution in [3.05, 3.63) is 35.4 Å². The minimum atomic E-state index is 0.239. The molecule has 0 aliphatic carbocycles. The monoisotopic (exact) mass is 261 g/mol. The van der Waals surface area contributed by atoms with Gasteiger partial charge in [-0.15, -0.1) is 0 Å². The predicted octanol–water partition coefficient (Wildman–Crippen LogP) is 2.32. The Morgan fingerprint density at radius 2 is 2.21 bits per heavy atom. The standard InChI is InChI=1S/C16H23NO2/c1-17-15(13-6-8-18-11-13)10-16-14-5-3-2-4-12(14)7-9-19-16/h2-5,13,15-17H,6-11H2,1H3. The van der Waals surface area contributed by atoms with E-state index < -0.39 is 0 Å². The molecule has 1 fully saturated rings. The van der Waals surface area contributed by atoms with E-state index in [0.717, 1.165) is 32.7 Å². The van der Waals surface area contributed by atoms with Gasteiger partial charge in [-0.25, -0.2) is 0 Å². The van der Waals surface area contributed by atoms with Crippen LogP contribution in [0.4, 0.5) is 0 Å². The van der Waals surface area contributed by atoms with Gasteiger partial charge in [0.1, 0.15) is 0 Å². The van der Waals surface area contributed by atoms with E-state index in [1.165, 1.54) is 17.5 Å². The van der Waals surface area contributed by atoms with E-state index in [1.807, 2.05) is 0 Å². The molecule has 3 unspecified atom stereocenters. The Morgan fingerprint density at radius 1 is 1.32 bits per heavy atom. The van der Waals surface area contributed by atoms with Crippen molar-refractivity contribution in [2.24, 2.45) is 5.92 Å². The normalized spacial score (nSPS) is 28.1. The van der Waals surface area contributed by atoms with E-state index in [0.29, 0.717) is 12.0 Å². The zero-order chi connectivity index (χ0) is 13.1. The van der Waals surface area contributed by atoms with Gasteiger partial charge in [0.25, 0.3) is 0 Å². The number of hydrogen-bond acceptors (Lipinski definition) is 3. The fourth-order valence-electron chi connectivity index (χ4n) is 3.32. The molecule has 3 heteroatoms. The predicted molar refractivity (Wildman–Crippen MR) is 75.2 cm³/mol. The van der Waals surface area contributed by atoms with Crippen LogP contribution in [0.5, 0.6) is 0 Å². The largest absolute Gasteiger partial charge is 0.381 e. The number of benzene rings is 1. The maximum absolute atomic E-state index is 6.02. The van der Waals surface area contributed by atoms with Gasteiger partial charge < -0.3 is 14.8 Å². The van der Waals surface area contributed by atoms with Crippen LogP contribution in [-0.2, 0) is 15.9 Å². The molecule has 0 spiro atoms. The molecule has 104 valence electrons. The molecule has 1 N–H and O–H groups in total. The summed E-state index contributed by atoms with van der Waals surface area (Å²) < 4.78 is 11.5. The third-order valence-corrected chi connectivity index (χ3v) is 4.47. The molecular weight excluding hydrogens is 238 g/mol. The summed E-state index contributed by atoms with van der Waals surface area (Å²) in [4.78, 5) is 0. The second-order valence-electron chi connectivity index (χ2n) is 5.56. The highest BCUT2D eigenvalue weighted by Gasteiger charge is 2.29.